The Kier molecular flexibility index (Phi) is 6.43. The van der Waals surface area contributed by atoms with Gasteiger partial charge in [-0.3, -0.25) is 0 Å². The van der Waals surface area contributed by atoms with Crippen molar-refractivity contribution in [3.8, 4) is 0 Å². The molecule has 0 aromatic heterocycles. The molecule has 1 spiro atoms. The molecule has 34 heavy (non-hydrogen) atoms. The van der Waals surface area contributed by atoms with Crippen molar-refractivity contribution >= 4 is 27.3 Å². The maximum atomic E-state index is 12.7. The molecule has 5 fully saturated rings. The van der Waals surface area contributed by atoms with E-state index in [4.69, 9.17) is 41.3 Å². The van der Waals surface area contributed by atoms with Gasteiger partial charge in [-0.25, -0.2) is 22.9 Å². The van der Waals surface area contributed by atoms with E-state index >= 15 is 0 Å². The number of rotatable bonds is 6. The molecule has 1 aromatic carbocycles. The Hall–Kier alpha value is -0.980. The summed E-state index contributed by atoms with van der Waals surface area (Å²) < 4.78 is 46.5. The molecule has 1 unspecified atom stereocenters. The van der Waals surface area contributed by atoms with Crippen LogP contribution in [0.25, 0.3) is 0 Å². The first-order chi connectivity index (χ1) is 16.1. The van der Waals surface area contributed by atoms with E-state index < -0.39 is 34.0 Å². The fourth-order valence-corrected chi connectivity index (χ4v) is 7.64. The number of sulfonamides is 1. The van der Waals surface area contributed by atoms with E-state index in [1.54, 1.807) is 12.1 Å². The molecule has 3 N–H and O–H groups in total. The van der Waals surface area contributed by atoms with Gasteiger partial charge in [0.25, 0.3) is 0 Å². The summed E-state index contributed by atoms with van der Waals surface area (Å²) in [7, 11) is -3.83. The van der Waals surface area contributed by atoms with Gasteiger partial charge in [0, 0.05) is 24.8 Å². The smallest absolute Gasteiger partial charge is 0.242 e. The van der Waals surface area contributed by atoms with Crippen LogP contribution in [0, 0.1) is 23.7 Å². The van der Waals surface area contributed by atoms with Crippen LogP contribution in [-0.2, 0) is 34.0 Å². The van der Waals surface area contributed by atoms with E-state index in [9.17, 15) is 8.42 Å². The molecule has 6 rings (SSSR count). The maximum absolute atomic E-state index is 12.7. The van der Waals surface area contributed by atoms with Crippen LogP contribution < -0.4 is 10.5 Å². The Morgan fingerprint density at radius 1 is 1.21 bits per heavy atom. The van der Waals surface area contributed by atoms with Crippen molar-refractivity contribution in [2.75, 3.05) is 18.9 Å². The summed E-state index contributed by atoms with van der Waals surface area (Å²) in [5.74, 6) is 0.0610. The minimum Gasteiger partial charge on any atom is -0.396 e. The third-order valence-electron chi connectivity index (χ3n) is 8.08. The number of nitrogens with two attached hydrogens (primary N) is 1. The predicted molar refractivity (Wildman–Crippen MR) is 124 cm³/mol. The molecule has 1 saturated carbocycles. The number of nitrogen functional groups attached to an aromatic ring is 1. The third kappa shape index (κ3) is 3.96. The van der Waals surface area contributed by atoms with E-state index in [1.807, 2.05) is 6.92 Å². The molecule has 1 aromatic rings. The van der Waals surface area contributed by atoms with Gasteiger partial charge >= 0.3 is 0 Å². The molecule has 5 aliphatic rings. The number of hydrogen-bond donors (Lipinski definition) is 2. The van der Waals surface area contributed by atoms with E-state index in [1.165, 1.54) is 6.07 Å². The fraction of sp³-hybridized carbons (Fsp3) is 0.739. The van der Waals surface area contributed by atoms with E-state index in [2.05, 4.69) is 18.6 Å². The number of ether oxygens (including phenoxy) is 3. The van der Waals surface area contributed by atoms with Crippen LogP contribution in [0.1, 0.15) is 46.5 Å². The second-order valence-corrected chi connectivity index (χ2v) is 12.3. The van der Waals surface area contributed by atoms with Crippen LogP contribution in [0.3, 0.4) is 0 Å². The summed E-state index contributed by atoms with van der Waals surface area (Å²) in [5, 5.41) is 0.190. The molecule has 4 heterocycles. The Bertz CT molecular complexity index is 1040. The average Bonchev–Trinajstić information content (AvgIpc) is 3.02. The first-order valence-electron chi connectivity index (χ1n) is 11.9. The zero-order valence-electron chi connectivity index (χ0n) is 19.7. The molecule has 4 saturated heterocycles. The largest absolute Gasteiger partial charge is 0.396 e. The van der Waals surface area contributed by atoms with Crippen LogP contribution >= 0.6 is 11.6 Å². The second-order valence-electron chi connectivity index (χ2n) is 10.2. The summed E-state index contributed by atoms with van der Waals surface area (Å²) in [5.41, 5.74) is 5.21. The number of hydrogen-bond acceptors (Lipinski definition) is 8. The predicted octanol–water partition coefficient (Wildman–Crippen LogP) is 3.43. The molecule has 190 valence electrons. The van der Waals surface area contributed by atoms with Gasteiger partial charge in [-0.2, -0.15) is 0 Å². The molecule has 0 radical (unpaired) electrons. The molecular weight excluding hydrogens is 484 g/mol. The highest BCUT2D eigenvalue weighted by molar-refractivity contribution is 7.89. The molecule has 2 bridgehead atoms. The number of para-hydroxylation sites is 1. The van der Waals surface area contributed by atoms with Crippen molar-refractivity contribution in [1.82, 2.24) is 4.72 Å². The highest BCUT2D eigenvalue weighted by atomic mass is 35.5. The fourth-order valence-electron chi connectivity index (χ4n) is 6.24. The Balaban J connectivity index is 1.26. The molecular formula is C23H33ClN2O7S. The first-order valence-corrected chi connectivity index (χ1v) is 13.8. The number of nitrogens with one attached hydrogen (secondary N) is 1. The second kappa shape index (κ2) is 8.85. The Morgan fingerprint density at radius 2 is 2.00 bits per heavy atom. The summed E-state index contributed by atoms with van der Waals surface area (Å²) in [6, 6.07) is 4.50. The summed E-state index contributed by atoms with van der Waals surface area (Å²) in [4.78, 5) is 11.9. The van der Waals surface area contributed by atoms with Gasteiger partial charge in [-0.05, 0) is 50.2 Å². The lowest BCUT2D eigenvalue weighted by Gasteiger charge is -2.60. The lowest BCUT2D eigenvalue weighted by atomic mass is 9.58. The van der Waals surface area contributed by atoms with Gasteiger partial charge in [-0.1, -0.05) is 31.5 Å². The summed E-state index contributed by atoms with van der Waals surface area (Å²) >= 11 is 5.96. The molecule has 4 aliphatic heterocycles. The topological polar surface area (TPSA) is 118 Å². The zero-order valence-corrected chi connectivity index (χ0v) is 21.2. The highest BCUT2D eigenvalue weighted by Gasteiger charge is 2.69. The molecule has 9 nitrogen and oxygen atoms in total. The highest BCUT2D eigenvalue weighted by Crippen LogP contribution is 2.60. The van der Waals surface area contributed by atoms with Gasteiger partial charge in [0.2, 0.25) is 15.8 Å². The molecule has 0 amide bonds. The summed E-state index contributed by atoms with van der Waals surface area (Å²) in [6.45, 7) is 6.41. The van der Waals surface area contributed by atoms with Crippen molar-refractivity contribution < 1.29 is 32.4 Å². The van der Waals surface area contributed by atoms with Crippen molar-refractivity contribution in [3.63, 3.8) is 0 Å². The molecule has 1 aliphatic carbocycles. The van der Waals surface area contributed by atoms with Gasteiger partial charge < -0.3 is 19.9 Å². The third-order valence-corrected chi connectivity index (χ3v) is 9.92. The molecule has 8 atom stereocenters. The minimum atomic E-state index is -3.83. The SMILES string of the molecule is C[C@H]1[C@@H](OCCNS(=O)(=O)c2cccc(Cl)c2N)O[C@@H]2O[C@@]3(C)CCC4[C@H](C)CC[C@@H]1[C@]42OO3. The van der Waals surface area contributed by atoms with Crippen LogP contribution in [0.2, 0.25) is 5.02 Å². The van der Waals surface area contributed by atoms with Crippen molar-refractivity contribution in [2.45, 2.75) is 75.3 Å². The van der Waals surface area contributed by atoms with Crippen LogP contribution in [-0.4, -0.2) is 45.5 Å². The Labute approximate surface area is 205 Å². The van der Waals surface area contributed by atoms with Crippen molar-refractivity contribution in [2.24, 2.45) is 23.7 Å². The first kappa shape index (κ1) is 24.7. The maximum Gasteiger partial charge on any atom is 0.242 e. The van der Waals surface area contributed by atoms with E-state index in [0.717, 1.165) is 25.7 Å². The van der Waals surface area contributed by atoms with Crippen molar-refractivity contribution in [3.05, 3.63) is 23.2 Å². The number of benzene rings is 1. The number of anilines is 1. The van der Waals surface area contributed by atoms with Crippen molar-refractivity contribution in [1.29, 1.82) is 0 Å². The van der Waals surface area contributed by atoms with E-state index in [-0.39, 0.29) is 46.5 Å². The number of halogens is 1. The van der Waals surface area contributed by atoms with Gasteiger partial charge in [0.1, 0.15) is 4.90 Å². The van der Waals surface area contributed by atoms with Gasteiger partial charge in [0.15, 0.2) is 18.2 Å². The standard InChI is InChI=1S/C23H33ClN2O7S/c1-13-7-8-16-14(2)20(30-21-23(16)15(13)9-10-22(3,31-21)32-33-23)29-12-11-26-34(27,28)18-6-4-5-17(24)19(18)25/h4-6,13-16,20-21,26H,7-12,25H2,1-3H3/t13-,14-,15?,16+,20+,21-,22-,23-/m1/s1. The monoisotopic (exact) mass is 516 g/mol. The van der Waals surface area contributed by atoms with Gasteiger partial charge in [0.05, 0.1) is 17.3 Å². The van der Waals surface area contributed by atoms with Crippen LogP contribution in [0.5, 0.6) is 0 Å². The normalized spacial score (nSPS) is 41.6. The lowest BCUT2D eigenvalue weighted by Crippen LogP contribution is -2.70. The average molecular weight is 517 g/mol. The molecule has 11 heteroatoms. The Morgan fingerprint density at radius 3 is 2.79 bits per heavy atom. The minimum absolute atomic E-state index is 0.0149. The quantitative estimate of drug-likeness (QED) is 0.335. The van der Waals surface area contributed by atoms with E-state index in [0.29, 0.717) is 5.92 Å². The van der Waals surface area contributed by atoms with Crippen LogP contribution in [0.4, 0.5) is 5.69 Å². The lowest BCUT2D eigenvalue weighted by molar-refractivity contribution is -0.577. The van der Waals surface area contributed by atoms with Crippen LogP contribution in [0.15, 0.2) is 23.1 Å². The van der Waals surface area contributed by atoms with Gasteiger partial charge in [-0.15, -0.1) is 0 Å². The zero-order chi connectivity index (χ0) is 24.3. The summed E-state index contributed by atoms with van der Waals surface area (Å²) in [6.07, 6.45) is 2.60. The number of fused-ring (bicyclic) bond motifs is 2.